The number of amides is 1. The molecule has 0 spiro atoms. The number of hydrogen-bond acceptors (Lipinski definition) is 4. The third-order valence-electron chi connectivity index (χ3n) is 4.37. The van der Waals surface area contributed by atoms with Crippen LogP contribution in [0.25, 0.3) is 0 Å². The van der Waals surface area contributed by atoms with E-state index in [1.807, 2.05) is 24.5 Å². The second-order valence-corrected chi connectivity index (χ2v) is 6.84. The molecule has 1 atom stereocenters. The highest BCUT2D eigenvalue weighted by atomic mass is 32.1. The number of rotatable bonds is 8. The van der Waals surface area contributed by atoms with Gasteiger partial charge in [-0.15, -0.1) is 0 Å². The lowest BCUT2D eigenvalue weighted by atomic mass is 10.1. The lowest BCUT2D eigenvalue weighted by Crippen LogP contribution is -2.38. The van der Waals surface area contributed by atoms with Crippen molar-refractivity contribution in [3.63, 3.8) is 0 Å². The normalized spacial score (nSPS) is 16.8. The van der Waals surface area contributed by atoms with Crippen LogP contribution in [0.1, 0.15) is 24.4 Å². The number of aromatic nitrogens is 1. The number of carbonyl (C=O) groups excluding carboxylic acids is 1. The largest absolute Gasteiger partial charge is 0.379 e. The number of thiophene rings is 1. The fourth-order valence-corrected chi connectivity index (χ4v) is 3.73. The van der Waals surface area contributed by atoms with E-state index in [0.29, 0.717) is 6.42 Å². The second kappa shape index (κ2) is 9.01. The molecule has 130 valence electrons. The fraction of sp³-hybridized carbons (Fsp3) is 0.500. The lowest BCUT2D eigenvalue weighted by Gasteiger charge is -2.26. The molecule has 1 N–H and O–H groups in total. The predicted octanol–water partition coefficient (Wildman–Crippen LogP) is 2.37. The van der Waals surface area contributed by atoms with Gasteiger partial charge in [-0.1, -0.05) is 0 Å². The van der Waals surface area contributed by atoms with E-state index >= 15 is 0 Å². The topological polar surface area (TPSA) is 46.5 Å². The number of nitrogens with one attached hydrogen (secondary N) is 1. The van der Waals surface area contributed by atoms with Crippen LogP contribution in [-0.4, -0.2) is 54.8 Å². The first-order chi connectivity index (χ1) is 11.8. The van der Waals surface area contributed by atoms with Crippen LogP contribution < -0.4 is 5.32 Å². The van der Waals surface area contributed by atoms with Gasteiger partial charge >= 0.3 is 0 Å². The molecule has 0 radical (unpaired) electrons. The number of ether oxygens (including phenoxy) is 1. The average Bonchev–Trinajstić information content (AvgIpc) is 3.31. The second-order valence-electron chi connectivity index (χ2n) is 6.06. The van der Waals surface area contributed by atoms with Crippen molar-refractivity contribution < 1.29 is 9.53 Å². The molecule has 5 nitrogen and oxygen atoms in total. The highest BCUT2D eigenvalue weighted by Crippen LogP contribution is 2.24. The maximum atomic E-state index is 12.3. The highest BCUT2D eigenvalue weighted by molar-refractivity contribution is 7.07. The van der Waals surface area contributed by atoms with Gasteiger partial charge in [0, 0.05) is 32.0 Å². The average molecular weight is 347 g/mol. The zero-order valence-electron chi connectivity index (χ0n) is 13.9. The van der Waals surface area contributed by atoms with Crippen molar-refractivity contribution in [2.24, 2.45) is 0 Å². The van der Waals surface area contributed by atoms with Gasteiger partial charge < -0.3 is 14.6 Å². The first kappa shape index (κ1) is 17.2. The van der Waals surface area contributed by atoms with Crippen LogP contribution in [0.15, 0.2) is 41.4 Å². The Morgan fingerprint density at radius 2 is 2.08 bits per heavy atom. The monoisotopic (exact) mass is 347 g/mol. The first-order valence-electron chi connectivity index (χ1n) is 8.54. The van der Waals surface area contributed by atoms with E-state index in [9.17, 15) is 4.79 Å². The Bertz CT molecular complexity index is 558. The zero-order valence-corrected chi connectivity index (χ0v) is 14.7. The molecular weight excluding hydrogens is 322 g/mol. The van der Waals surface area contributed by atoms with E-state index in [1.165, 1.54) is 5.56 Å². The minimum absolute atomic E-state index is 0.0745. The zero-order chi connectivity index (χ0) is 16.6. The molecule has 1 aliphatic heterocycles. The molecule has 6 heteroatoms. The van der Waals surface area contributed by atoms with Crippen molar-refractivity contribution in [2.45, 2.75) is 18.9 Å². The van der Waals surface area contributed by atoms with Gasteiger partial charge in [-0.3, -0.25) is 9.69 Å². The molecule has 1 saturated heterocycles. The van der Waals surface area contributed by atoms with E-state index in [4.69, 9.17) is 4.74 Å². The predicted molar refractivity (Wildman–Crippen MR) is 96.4 cm³/mol. The van der Waals surface area contributed by atoms with Crippen molar-refractivity contribution in [2.75, 3.05) is 39.4 Å². The van der Waals surface area contributed by atoms with Crippen LogP contribution in [0.4, 0.5) is 0 Å². The van der Waals surface area contributed by atoms with Crippen molar-refractivity contribution >= 4 is 17.2 Å². The Morgan fingerprint density at radius 3 is 2.79 bits per heavy atom. The summed E-state index contributed by atoms with van der Waals surface area (Å²) >= 11 is 1.67. The Labute approximate surface area is 147 Å². The number of hydrogen-bond donors (Lipinski definition) is 1. The van der Waals surface area contributed by atoms with Crippen molar-refractivity contribution in [1.29, 1.82) is 0 Å². The summed E-state index contributed by atoms with van der Waals surface area (Å²) in [4.78, 5) is 14.7. The smallest absolute Gasteiger partial charge is 0.222 e. The Morgan fingerprint density at radius 1 is 1.29 bits per heavy atom. The lowest BCUT2D eigenvalue weighted by molar-refractivity contribution is -0.121. The molecule has 3 rings (SSSR count). The molecule has 0 aliphatic carbocycles. The first-order valence-corrected chi connectivity index (χ1v) is 9.48. The highest BCUT2D eigenvalue weighted by Gasteiger charge is 2.17. The van der Waals surface area contributed by atoms with Crippen molar-refractivity contribution in [3.05, 3.63) is 46.9 Å². The van der Waals surface area contributed by atoms with Crippen LogP contribution in [0.5, 0.6) is 0 Å². The molecule has 24 heavy (non-hydrogen) atoms. The number of carbonyl (C=O) groups is 1. The molecule has 1 amide bonds. The molecular formula is C18H25N3O2S. The van der Waals surface area contributed by atoms with Gasteiger partial charge in [-0.2, -0.15) is 11.3 Å². The number of morpholine rings is 1. The van der Waals surface area contributed by atoms with Crippen molar-refractivity contribution in [1.82, 2.24) is 14.8 Å². The van der Waals surface area contributed by atoms with Gasteiger partial charge in [0.25, 0.3) is 0 Å². The summed E-state index contributed by atoms with van der Waals surface area (Å²) in [5, 5.41) is 7.25. The molecule has 2 aromatic heterocycles. The SMILES string of the molecule is O=C(C[C@H](c1ccsc1)n1cccc1)NCCCN1CCOCC1. The van der Waals surface area contributed by atoms with Crippen LogP contribution in [0.3, 0.4) is 0 Å². The van der Waals surface area contributed by atoms with Crippen molar-refractivity contribution in [3.8, 4) is 0 Å². The van der Waals surface area contributed by atoms with Gasteiger partial charge in [-0.25, -0.2) is 0 Å². The van der Waals surface area contributed by atoms with Gasteiger partial charge in [0.2, 0.25) is 5.91 Å². The van der Waals surface area contributed by atoms with E-state index in [0.717, 1.165) is 45.8 Å². The van der Waals surface area contributed by atoms with E-state index in [2.05, 4.69) is 31.6 Å². The maximum absolute atomic E-state index is 12.3. The fourth-order valence-electron chi connectivity index (χ4n) is 3.02. The summed E-state index contributed by atoms with van der Waals surface area (Å²) in [7, 11) is 0. The summed E-state index contributed by atoms with van der Waals surface area (Å²) in [5.41, 5.74) is 1.19. The summed E-state index contributed by atoms with van der Waals surface area (Å²) in [5.74, 6) is 0.113. The molecule has 0 bridgehead atoms. The maximum Gasteiger partial charge on any atom is 0.222 e. The Balaban J connectivity index is 1.44. The third-order valence-corrected chi connectivity index (χ3v) is 5.07. The minimum Gasteiger partial charge on any atom is -0.379 e. The molecule has 0 aromatic carbocycles. The summed E-state index contributed by atoms with van der Waals surface area (Å²) < 4.78 is 7.45. The molecule has 0 unspecified atom stereocenters. The van der Waals surface area contributed by atoms with Crippen LogP contribution >= 0.6 is 11.3 Å². The van der Waals surface area contributed by atoms with E-state index < -0.39 is 0 Å². The quantitative estimate of drug-likeness (QED) is 0.746. The van der Waals surface area contributed by atoms with Gasteiger partial charge in [-0.05, 0) is 47.5 Å². The van der Waals surface area contributed by atoms with E-state index in [1.54, 1.807) is 11.3 Å². The van der Waals surface area contributed by atoms with Crippen LogP contribution in [0, 0.1) is 0 Å². The van der Waals surface area contributed by atoms with Gasteiger partial charge in [0.15, 0.2) is 0 Å². The minimum atomic E-state index is 0.0745. The summed E-state index contributed by atoms with van der Waals surface area (Å²) in [6, 6.07) is 6.17. The molecule has 1 fully saturated rings. The number of nitrogens with zero attached hydrogens (tertiary/aromatic N) is 2. The van der Waals surface area contributed by atoms with Crippen LogP contribution in [-0.2, 0) is 9.53 Å². The van der Waals surface area contributed by atoms with E-state index in [-0.39, 0.29) is 11.9 Å². The van der Waals surface area contributed by atoms with Gasteiger partial charge in [0.1, 0.15) is 0 Å². The summed E-state index contributed by atoms with van der Waals surface area (Å²) in [6.07, 6.45) is 5.50. The van der Waals surface area contributed by atoms with Gasteiger partial charge in [0.05, 0.1) is 25.7 Å². The molecule has 2 aromatic rings. The summed E-state index contributed by atoms with van der Waals surface area (Å²) in [6.45, 7) is 5.41. The third kappa shape index (κ3) is 4.93. The standard InChI is InChI=1S/C18H25N3O2S/c22-18(19-5-3-6-20-9-11-23-12-10-20)14-17(16-4-13-24-15-16)21-7-1-2-8-21/h1-2,4,7-8,13,15,17H,3,5-6,9-12,14H2,(H,19,22)/t17-/m1/s1. The molecule has 3 heterocycles. The Hall–Kier alpha value is -1.63. The Kier molecular flexibility index (Phi) is 6.46. The molecule has 0 saturated carbocycles. The van der Waals surface area contributed by atoms with Crippen LogP contribution in [0.2, 0.25) is 0 Å². The molecule has 1 aliphatic rings.